The van der Waals surface area contributed by atoms with E-state index in [1.54, 1.807) is 18.2 Å². The van der Waals surface area contributed by atoms with Gasteiger partial charge < -0.3 is 14.8 Å². The van der Waals surface area contributed by atoms with E-state index in [1.165, 1.54) is 6.20 Å². The molecule has 2 rings (SSSR count). The Morgan fingerprint density at radius 3 is 2.80 bits per heavy atom. The van der Waals surface area contributed by atoms with E-state index in [2.05, 4.69) is 16.0 Å². The first kappa shape index (κ1) is 13.6. The minimum atomic E-state index is -1.13. The molecule has 0 aliphatic carbocycles. The minimum Gasteiger partial charge on any atom is -0.490 e. The van der Waals surface area contributed by atoms with E-state index in [4.69, 9.17) is 15.1 Å². The van der Waals surface area contributed by atoms with Gasteiger partial charge in [0.2, 0.25) is 5.82 Å². The van der Waals surface area contributed by atoms with Crippen molar-refractivity contribution in [3.8, 4) is 23.1 Å². The molecule has 1 heterocycles. The first-order chi connectivity index (χ1) is 9.51. The molecule has 0 aliphatic heterocycles. The quantitative estimate of drug-likeness (QED) is 0.889. The van der Waals surface area contributed by atoms with Gasteiger partial charge in [0.25, 0.3) is 0 Å². The van der Waals surface area contributed by atoms with Gasteiger partial charge in [0.1, 0.15) is 11.8 Å². The normalized spacial score (nSPS) is 10.3. The third kappa shape index (κ3) is 2.78. The number of aromatic nitrogens is 2. The summed E-state index contributed by atoms with van der Waals surface area (Å²) in [6.45, 7) is 3.76. The van der Waals surface area contributed by atoms with Crippen molar-refractivity contribution < 1.29 is 14.6 Å². The van der Waals surface area contributed by atoms with Crippen LogP contribution in [-0.2, 0) is 0 Å². The summed E-state index contributed by atoms with van der Waals surface area (Å²) >= 11 is 0. The molecule has 0 fully saturated rings. The van der Waals surface area contributed by atoms with Gasteiger partial charge in [-0.15, -0.1) is 0 Å². The van der Waals surface area contributed by atoms with E-state index in [9.17, 15) is 4.79 Å². The molecule has 0 amide bonds. The number of carboxylic acids is 1. The van der Waals surface area contributed by atoms with Crippen LogP contribution in [0.3, 0.4) is 0 Å². The summed E-state index contributed by atoms with van der Waals surface area (Å²) in [5.41, 5.74) is 1.61. The van der Waals surface area contributed by atoms with Crippen molar-refractivity contribution in [1.82, 2.24) is 9.97 Å². The number of imidazole rings is 1. The summed E-state index contributed by atoms with van der Waals surface area (Å²) in [6.07, 6.45) is 1.39. The van der Waals surface area contributed by atoms with Crippen LogP contribution in [0.1, 0.15) is 30.0 Å². The molecule has 0 aliphatic rings. The SMILES string of the molecule is CC(C)Oc1ccc(-c2cnc(C(=O)O)[nH]2)cc1C#N. The van der Waals surface area contributed by atoms with Crippen LogP contribution in [-0.4, -0.2) is 27.1 Å². The molecule has 0 saturated carbocycles. The lowest BCUT2D eigenvalue weighted by Crippen LogP contribution is -2.06. The number of nitriles is 1. The molecule has 0 bridgehead atoms. The van der Waals surface area contributed by atoms with Crippen molar-refractivity contribution in [3.05, 3.63) is 35.8 Å². The van der Waals surface area contributed by atoms with Gasteiger partial charge in [-0.2, -0.15) is 5.26 Å². The predicted octanol–water partition coefficient (Wildman–Crippen LogP) is 2.43. The number of carboxylic acid groups (broad SMARTS) is 1. The average Bonchev–Trinajstić information content (AvgIpc) is 2.88. The molecule has 0 radical (unpaired) electrons. The van der Waals surface area contributed by atoms with Gasteiger partial charge >= 0.3 is 5.97 Å². The lowest BCUT2D eigenvalue weighted by atomic mass is 10.1. The zero-order valence-corrected chi connectivity index (χ0v) is 11.0. The molecule has 0 unspecified atom stereocenters. The van der Waals surface area contributed by atoms with Crippen molar-refractivity contribution in [1.29, 1.82) is 5.26 Å². The Balaban J connectivity index is 2.38. The highest BCUT2D eigenvalue weighted by Crippen LogP contribution is 2.26. The third-order valence-corrected chi connectivity index (χ3v) is 2.55. The van der Waals surface area contributed by atoms with Crippen LogP contribution in [0.25, 0.3) is 11.3 Å². The summed E-state index contributed by atoms with van der Waals surface area (Å²) in [4.78, 5) is 17.2. The smallest absolute Gasteiger partial charge is 0.371 e. The van der Waals surface area contributed by atoms with E-state index < -0.39 is 5.97 Å². The summed E-state index contributed by atoms with van der Waals surface area (Å²) in [5.74, 6) is -0.762. The number of rotatable bonds is 4. The van der Waals surface area contributed by atoms with E-state index in [0.29, 0.717) is 22.6 Å². The van der Waals surface area contributed by atoms with Gasteiger partial charge in [-0.25, -0.2) is 9.78 Å². The van der Waals surface area contributed by atoms with Crippen LogP contribution in [0.4, 0.5) is 0 Å². The maximum Gasteiger partial charge on any atom is 0.371 e. The fourth-order valence-corrected chi connectivity index (χ4v) is 1.72. The van der Waals surface area contributed by atoms with Crippen LogP contribution in [0, 0.1) is 11.3 Å². The number of hydrogen-bond acceptors (Lipinski definition) is 4. The molecular formula is C14H13N3O3. The number of aromatic amines is 1. The molecule has 6 nitrogen and oxygen atoms in total. The summed E-state index contributed by atoms with van der Waals surface area (Å²) in [6, 6.07) is 7.14. The maximum absolute atomic E-state index is 10.8. The number of benzene rings is 1. The van der Waals surface area contributed by atoms with E-state index in [0.717, 1.165) is 0 Å². The Morgan fingerprint density at radius 2 is 2.25 bits per heavy atom. The van der Waals surface area contributed by atoms with Gasteiger partial charge in [0.05, 0.1) is 23.6 Å². The van der Waals surface area contributed by atoms with Gasteiger partial charge in [-0.3, -0.25) is 0 Å². The molecule has 6 heteroatoms. The molecule has 0 spiro atoms. The summed E-state index contributed by atoms with van der Waals surface area (Å²) < 4.78 is 5.53. The lowest BCUT2D eigenvalue weighted by Gasteiger charge is -2.11. The third-order valence-electron chi connectivity index (χ3n) is 2.55. The lowest BCUT2D eigenvalue weighted by molar-refractivity contribution is 0.0685. The largest absolute Gasteiger partial charge is 0.490 e. The van der Waals surface area contributed by atoms with Crippen molar-refractivity contribution in [2.45, 2.75) is 20.0 Å². The van der Waals surface area contributed by atoms with Crippen molar-refractivity contribution >= 4 is 5.97 Å². The van der Waals surface area contributed by atoms with Crippen LogP contribution < -0.4 is 4.74 Å². The Kier molecular flexibility index (Phi) is 3.71. The second-order valence-electron chi connectivity index (χ2n) is 4.44. The monoisotopic (exact) mass is 271 g/mol. The first-order valence-corrected chi connectivity index (χ1v) is 6.00. The van der Waals surface area contributed by atoms with Crippen LogP contribution in [0.2, 0.25) is 0 Å². The maximum atomic E-state index is 10.8. The molecule has 0 atom stereocenters. The zero-order chi connectivity index (χ0) is 14.7. The Labute approximate surface area is 115 Å². The number of carbonyl (C=O) groups is 1. The number of hydrogen-bond donors (Lipinski definition) is 2. The fraction of sp³-hybridized carbons (Fsp3) is 0.214. The minimum absolute atomic E-state index is 0.0290. The standard InChI is InChI=1S/C14H13N3O3/c1-8(2)20-12-4-3-9(5-10(12)6-15)11-7-16-13(17-11)14(18)19/h3-5,7-8H,1-2H3,(H,16,17)(H,18,19). The highest BCUT2D eigenvalue weighted by Gasteiger charge is 2.12. The van der Waals surface area contributed by atoms with Crippen LogP contribution in [0.5, 0.6) is 5.75 Å². The zero-order valence-electron chi connectivity index (χ0n) is 11.0. The van der Waals surface area contributed by atoms with Crippen molar-refractivity contribution in [3.63, 3.8) is 0 Å². The highest BCUT2D eigenvalue weighted by atomic mass is 16.5. The van der Waals surface area contributed by atoms with Gasteiger partial charge in [0, 0.05) is 5.56 Å². The Morgan fingerprint density at radius 1 is 1.50 bits per heavy atom. The molecule has 102 valence electrons. The summed E-state index contributed by atoms with van der Waals surface area (Å²) in [5, 5.41) is 18.0. The molecule has 0 saturated heterocycles. The van der Waals surface area contributed by atoms with Gasteiger partial charge in [-0.1, -0.05) is 0 Å². The van der Waals surface area contributed by atoms with Crippen molar-refractivity contribution in [2.75, 3.05) is 0 Å². The predicted molar refractivity (Wildman–Crippen MR) is 71.5 cm³/mol. The van der Waals surface area contributed by atoms with E-state index in [1.807, 2.05) is 13.8 Å². The molecular weight excluding hydrogens is 258 g/mol. The number of aromatic carboxylic acids is 1. The fourth-order valence-electron chi connectivity index (χ4n) is 1.72. The topological polar surface area (TPSA) is 99.0 Å². The van der Waals surface area contributed by atoms with Crippen LogP contribution >= 0.6 is 0 Å². The van der Waals surface area contributed by atoms with Crippen LogP contribution in [0.15, 0.2) is 24.4 Å². The second kappa shape index (κ2) is 5.45. The number of H-pyrrole nitrogens is 1. The van der Waals surface area contributed by atoms with E-state index >= 15 is 0 Å². The molecule has 1 aromatic heterocycles. The summed E-state index contributed by atoms with van der Waals surface area (Å²) in [7, 11) is 0. The first-order valence-electron chi connectivity index (χ1n) is 6.00. The Hall–Kier alpha value is -2.81. The molecule has 1 aromatic carbocycles. The van der Waals surface area contributed by atoms with E-state index in [-0.39, 0.29) is 11.9 Å². The van der Waals surface area contributed by atoms with Gasteiger partial charge in [-0.05, 0) is 32.0 Å². The highest BCUT2D eigenvalue weighted by molar-refractivity contribution is 5.84. The molecule has 2 aromatic rings. The molecule has 2 N–H and O–H groups in total. The Bertz CT molecular complexity index is 683. The number of nitrogens with zero attached hydrogens (tertiary/aromatic N) is 2. The molecule has 20 heavy (non-hydrogen) atoms. The second-order valence-corrected chi connectivity index (χ2v) is 4.44. The number of nitrogens with one attached hydrogen (secondary N) is 1. The average molecular weight is 271 g/mol. The van der Waals surface area contributed by atoms with Crippen molar-refractivity contribution in [2.24, 2.45) is 0 Å². The number of ether oxygens (including phenoxy) is 1. The van der Waals surface area contributed by atoms with Gasteiger partial charge in [0.15, 0.2) is 0 Å².